The van der Waals surface area contributed by atoms with Crippen LogP contribution in [0, 0.1) is 0 Å². The highest BCUT2D eigenvalue weighted by Crippen LogP contribution is 2.33. The summed E-state index contributed by atoms with van der Waals surface area (Å²) in [5, 5.41) is 8.35. The molecule has 6 nitrogen and oxygen atoms in total. The van der Waals surface area contributed by atoms with Crippen LogP contribution in [0.25, 0.3) is 10.9 Å². The van der Waals surface area contributed by atoms with Crippen molar-refractivity contribution in [2.75, 3.05) is 11.9 Å². The van der Waals surface area contributed by atoms with Crippen molar-refractivity contribution in [2.24, 2.45) is 7.05 Å². The van der Waals surface area contributed by atoms with Gasteiger partial charge in [0.05, 0.1) is 17.4 Å². The van der Waals surface area contributed by atoms with E-state index < -0.39 is 0 Å². The summed E-state index contributed by atoms with van der Waals surface area (Å²) >= 11 is 0. The minimum atomic E-state index is -0.107. The zero-order valence-corrected chi connectivity index (χ0v) is 16.1. The predicted molar refractivity (Wildman–Crippen MR) is 113 cm³/mol. The summed E-state index contributed by atoms with van der Waals surface area (Å²) in [7, 11) is 1.91. The zero-order valence-electron chi connectivity index (χ0n) is 16.1. The molecule has 0 spiro atoms. The topological polar surface area (TPSA) is 63.1 Å². The Bertz CT molecular complexity index is 1190. The number of carbonyl (C=O) groups excluding carboxylic acids is 1. The van der Waals surface area contributed by atoms with Crippen LogP contribution in [0.3, 0.4) is 0 Å². The highest BCUT2D eigenvalue weighted by atomic mass is 16.2. The lowest BCUT2D eigenvalue weighted by molar-refractivity contribution is 0.203. The quantitative estimate of drug-likeness (QED) is 0.566. The first-order chi connectivity index (χ1) is 14.2. The molecule has 0 saturated carbocycles. The highest BCUT2D eigenvalue weighted by molar-refractivity contribution is 6.00. The molecule has 2 aromatic heterocycles. The molecule has 0 fully saturated rings. The zero-order chi connectivity index (χ0) is 19.8. The second kappa shape index (κ2) is 7.05. The second-order valence-corrected chi connectivity index (χ2v) is 7.39. The number of nitrogens with one attached hydrogen (secondary N) is 1. The van der Waals surface area contributed by atoms with Gasteiger partial charge < -0.3 is 10.2 Å². The van der Waals surface area contributed by atoms with Crippen molar-refractivity contribution in [3.8, 4) is 0 Å². The molecule has 0 bridgehead atoms. The largest absolute Gasteiger partial charge is 0.322 e. The maximum absolute atomic E-state index is 13.2. The number of fused-ring (bicyclic) bond motifs is 2. The number of hydrogen-bond donors (Lipinski definition) is 1. The molecule has 6 heteroatoms. The van der Waals surface area contributed by atoms with E-state index >= 15 is 0 Å². The number of pyridine rings is 1. The fourth-order valence-electron chi connectivity index (χ4n) is 4.07. The molecule has 1 aliphatic rings. The number of rotatable bonds is 2. The molecule has 1 unspecified atom stereocenters. The van der Waals surface area contributed by atoms with E-state index in [4.69, 9.17) is 0 Å². The van der Waals surface area contributed by atoms with Gasteiger partial charge in [-0.15, -0.1) is 0 Å². The lowest BCUT2D eigenvalue weighted by Crippen LogP contribution is -2.41. The Labute approximate surface area is 168 Å². The van der Waals surface area contributed by atoms with Gasteiger partial charge in [-0.2, -0.15) is 5.10 Å². The molecule has 144 valence electrons. The average Bonchev–Trinajstić information content (AvgIpc) is 3.19. The van der Waals surface area contributed by atoms with Crippen LogP contribution in [0.5, 0.6) is 0 Å². The molecule has 0 saturated heterocycles. The molecule has 2 aromatic carbocycles. The van der Waals surface area contributed by atoms with Crippen molar-refractivity contribution >= 4 is 22.6 Å². The van der Waals surface area contributed by atoms with Gasteiger partial charge in [0, 0.05) is 43.8 Å². The van der Waals surface area contributed by atoms with Crippen molar-refractivity contribution in [3.05, 3.63) is 89.9 Å². The Morgan fingerprint density at radius 3 is 2.86 bits per heavy atom. The molecule has 1 N–H and O–H groups in total. The third-order valence-corrected chi connectivity index (χ3v) is 5.50. The molecule has 1 atom stereocenters. The second-order valence-electron chi connectivity index (χ2n) is 7.39. The van der Waals surface area contributed by atoms with E-state index in [0.717, 1.165) is 22.2 Å². The van der Waals surface area contributed by atoms with Crippen molar-refractivity contribution in [1.82, 2.24) is 19.7 Å². The van der Waals surface area contributed by atoms with Crippen molar-refractivity contribution in [2.45, 2.75) is 12.5 Å². The fraction of sp³-hybridized carbons (Fsp3) is 0.174. The fourth-order valence-corrected chi connectivity index (χ4v) is 4.07. The first kappa shape index (κ1) is 17.4. The summed E-state index contributed by atoms with van der Waals surface area (Å²) in [6, 6.07) is 17.9. The molecule has 0 aliphatic carbocycles. The first-order valence-electron chi connectivity index (χ1n) is 9.65. The molecular weight excluding hydrogens is 362 g/mol. The molecule has 29 heavy (non-hydrogen) atoms. The van der Waals surface area contributed by atoms with E-state index in [2.05, 4.69) is 33.6 Å². The number of amides is 2. The Hall–Kier alpha value is -3.67. The molecule has 4 aromatic rings. The van der Waals surface area contributed by atoms with E-state index in [9.17, 15) is 4.79 Å². The van der Waals surface area contributed by atoms with Gasteiger partial charge >= 0.3 is 6.03 Å². The number of hydrogen-bond acceptors (Lipinski definition) is 3. The summed E-state index contributed by atoms with van der Waals surface area (Å²) in [6.07, 6.45) is 5.67. The van der Waals surface area contributed by atoms with Crippen LogP contribution in [0.2, 0.25) is 0 Å². The van der Waals surface area contributed by atoms with E-state index in [-0.39, 0.29) is 11.9 Å². The predicted octanol–water partition coefficient (Wildman–Crippen LogP) is 4.15. The molecule has 2 amide bonds. The Morgan fingerprint density at radius 2 is 2.00 bits per heavy atom. The summed E-state index contributed by atoms with van der Waals surface area (Å²) in [4.78, 5) is 19.4. The number of carbonyl (C=O) groups is 1. The number of aromatic nitrogens is 3. The molecule has 3 heterocycles. The number of urea groups is 1. The van der Waals surface area contributed by atoms with Gasteiger partial charge in [-0.25, -0.2) is 4.79 Å². The van der Waals surface area contributed by atoms with Crippen LogP contribution in [0.15, 0.2) is 73.2 Å². The number of benzene rings is 2. The Kier molecular flexibility index (Phi) is 4.24. The lowest BCUT2D eigenvalue weighted by Gasteiger charge is -2.34. The number of anilines is 1. The summed E-state index contributed by atoms with van der Waals surface area (Å²) in [5.74, 6) is 0.105. The number of nitrogens with zero attached hydrogens (tertiary/aromatic N) is 4. The van der Waals surface area contributed by atoms with E-state index in [1.165, 1.54) is 11.1 Å². The maximum Gasteiger partial charge on any atom is 0.322 e. The monoisotopic (exact) mass is 383 g/mol. The van der Waals surface area contributed by atoms with E-state index in [1.54, 1.807) is 10.9 Å². The van der Waals surface area contributed by atoms with E-state index in [1.807, 2.05) is 60.7 Å². The standard InChI is InChI=1S/C23H21N5O/c1-27-13-17(12-25-27)20-15-28(14-16-6-2-3-7-18(16)20)23(29)26-22-10-4-9-21-19(22)8-5-11-24-21/h2-13,20H,14-15H2,1H3,(H,26,29). The maximum atomic E-state index is 13.2. The van der Waals surface area contributed by atoms with Gasteiger partial charge in [-0.05, 0) is 41.0 Å². The van der Waals surface area contributed by atoms with Gasteiger partial charge in [-0.1, -0.05) is 30.3 Å². The highest BCUT2D eigenvalue weighted by Gasteiger charge is 2.30. The van der Waals surface area contributed by atoms with Crippen molar-refractivity contribution < 1.29 is 4.79 Å². The molecule has 1 aliphatic heterocycles. The van der Waals surface area contributed by atoms with Crippen LogP contribution in [-0.4, -0.2) is 32.2 Å². The third-order valence-electron chi connectivity index (χ3n) is 5.50. The van der Waals surface area contributed by atoms with Gasteiger partial charge in [0.1, 0.15) is 0 Å². The SMILES string of the molecule is Cn1cc(C2CN(C(=O)Nc3cccc4ncccc34)Cc3ccccc32)cn1. The van der Waals surface area contributed by atoms with Gasteiger partial charge in [0.25, 0.3) is 0 Å². The Morgan fingerprint density at radius 1 is 1.10 bits per heavy atom. The van der Waals surface area contributed by atoms with Crippen LogP contribution in [0.1, 0.15) is 22.6 Å². The minimum Gasteiger partial charge on any atom is -0.319 e. The van der Waals surface area contributed by atoms with Crippen LogP contribution < -0.4 is 5.32 Å². The van der Waals surface area contributed by atoms with E-state index in [0.29, 0.717) is 13.1 Å². The minimum absolute atomic E-state index is 0.105. The summed E-state index contributed by atoms with van der Waals surface area (Å²) < 4.78 is 1.81. The summed E-state index contributed by atoms with van der Waals surface area (Å²) in [6.45, 7) is 1.19. The van der Waals surface area contributed by atoms with Crippen molar-refractivity contribution in [1.29, 1.82) is 0 Å². The first-order valence-corrected chi connectivity index (χ1v) is 9.65. The smallest absolute Gasteiger partial charge is 0.319 e. The normalized spacial score (nSPS) is 15.9. The lowest BCUT2D eigenvalue weighted by atomic mass is 9.86. The average molecular weight is 383 g/mol. The van der Waals surface area contributed by atoms with Gasteiger partial charge in [-0.3, -0.25) is 9.67 Å². The Balaban J connectivity index is 1.46. The van der Waals surface area contributed by atoms with Crippen LogP contribution >= 0.6 is 0 Å². The molecule has 5 rings (SSSR count). The van der Waals surface area contributed by atoms with Crippen molar-refractivity contribution in [3.63, 3.8) is 0 Å². The van der Waals surface area contributed by atoms with Crippen LogP contribution in [0.4, 0.5) is 10.5 Å². The third kappa shape index (κ3) is 3.23. The van der Waals surface area contributed by atoms with Crippen LogP contribution in [-0.2, 0) is 13.6 Å². The van der Waals surface area contributed by atoms with Gasteiger partial charge in [0.2, 0.25) is 0 Å². The summed E-state index contributed by atoms with van der Waals surface area (Å²) in [5.41, 5.74) is 5.19. The van der Waals surface area contributed by atoms with Gasteiger partial charge in [0.15, 0.2) is 0 Å². The molecular formula is C23H21N5O. The molecule has 0 radical (unpaired) electrons. The number of aryl methyl sites for hydroxylation is 1.